The molecule has 0 radical (unpaired) electrons. The highest BCUT2D eigenvalue weighted by Crippen LogP contribution is 2.34. The molecule has 2 rings (SSSR count). The lowest BCUT2D eigenvalue weighted by atomic mass is 9.92. The normalized spacial score (nSPS) is 15.8. The number of hydrogen-bond donors (Lipinski definition) is 3. The van der Waals surface area contributed by atoms with Crippen LogP contribution >= 0.6 is 0 Å². The van der Waals surface area contributed by atoms with Crippen LogP contribution in [-0.2, 0) is 4.79 Å². The Labute approximate surface area is 126 Å². The van der Waals surface area contributed by atoms with Gasteiger partial charge in [-0.25, -0.2) is 0 Å². The molecule has 0 aliphatic heterocycles. The predicted molar refractivity (Wildman–Crippen MR) is 78.6 cm³/mol. The van der Waals surface area contributed by atoms with Crippen molar-refractivity contribution < 1.29 is 29.8 Å². The molecule has 0 fully saturated rings. The maximum absolute atomic E-state index is 9.02. The van der Waals surface area contributed by atoms with E-state index >= 15 is 0 Å². The molecule has 3 N–H and O–H groups in total. The molecule has 1 aliphatic carbocycles. The molecule has 0 spiro atoms. The van der Waals surface area contributed by atoms with E-state index in [1.54, 1.807) is 12.1 Å². The largest absolute Gasteiger partial charge is 0.496 e. The van der Waals surface area contributed by atoms with Gasteiger partial charge in [0.2, 0.25) is 0 Å². The fourth-order valence-electron chi connectivity index (χ4n) is 1.90. The zero-order chi connectivity index (χ0) is 16.7. The summed E-state index contributed by atoms with van der Waals surface area (Å²) in [7, 11) is 3.01. The Morgan fingerprint density at radius 1 is 0.955 bits per heavy atom. The summed E-state index contributed by atoms with van der Waals surface area (Å²) >= 11 is 0. The molecule has 0 bridgehead atoms. The number of rotatable bonds is 2. The fourth-order valence-corrected chi connectivity index (χ4v) is 1.90. The second-order valence-corrected chi connectivity index (χ2v) is 4.04. The maximum atomic E-state index is 9.02. The van der Waals surface area contributed by atoms with Crippen LogP contribution in [0.1, 0.15) is 18.1 Å². The van der Waals surface area contributed by atoms with Crippen molar-refractivity contribution in [1.29, 1.82) is 0 Å². The number of ether oxygens (including phenoxy) is 2. The van der Waals surface area contributed by atoms with Crippen LogP contribution < -0.4 is 9.47 Å². The van der Waals surface area contributed by atoms with Gasteiger partial charge in [0.25, 0.3) is 5.97 Å². The first-order valence-electron chi connectivity index (χ1n) is 6.07. The lowest BCUT2D eigenvalue weighted by molar-refractivity contribution is -0.134. The Hall–Kier alpha value is -3.03. The lowest BCUT2D eigenvalue weighted by Gasteiger charge is -2.19. The van der Waals surface area contributed by atoms with E-state index in [9.17, 15) is 0 Å². The summed E-state index contributed by atoms with van der Waals surface area (Å²) in [6, 6.07) is 3.38. The molecule has 1 aromatic carbocycles. The molecule has 118 valence electrons. The SMILES string of the molecule is CC(=O)O.COc1ccc(OC)c2c1C(=NO)C=CC2=NO. The maximum Gasteiger partial charge on any atom is 0.300 e. The van der Waals surface area contributed by atoms with Crippen molar-refractivity contribution in [2.75, 3.05) is 14.2 Å². The van der Waals surface area contributed by atoms with Crippen LogP contribution in [0.15, 0.2) is 34.6 Å². The molecular weight excluding hydrogens is 292 g/mol. The summed E-state index contributed by atoms with van der Waals surface area (Å²) < 4.78 is 10.4. The van der Waals surface area contributed by atoms with Gasteiger partial charge in [0.1, 0.15) is 22.9 Å². The van der Waals surface area contributed by atoms with E-state index in [-0.39, 0.29) is 0 Å². The van der Waals surface area contributed by atoms with Gasteiger partial charge in [-0.15, -0.1) is 0 Å². The zero-order valence-corrected chi connectivity index (χ0v) is 12.3. The van der Waals surface area contributed by atoms with Crippen molar-refractivity contribution in [2.24, 2.45) is 10.3 Å². The van der Waals surface area contributed by atoms with Gasteiger partial charge in [0.15, 0.2) is 0 Å². The van der Waals surface area contributed by atoms with Crippen LogP contribution in [-0.4, -0.2) is 47.1 Å². The summed E-state index contributed by atoms with van der Waals surface area (Å²) in [6.45, 7) is 1.08. The molecule has 0 amide bonds. The molecule has 8 nitrogen and oxygen atoms in total. The Kier molecular flexibility index (Phi) is 5.94. The molecule has 0 aromatic heterocycles. The van der Waals surface area contributed by atoms with Crippen molar-refractivity contribution in [1.82, 2.24) is 0 Å². The Balaban J connectivity index is 0.000000541. The first-order valence-corrected chi connectivity index (χ1v) is 6.07. The second kappa shape index (κ2) is 7.67. The van der Waals surface area contributed by atoms with Crippen molar-refractivity contribution in [2.45, 2.75) is 6.92 Å². The number of oxime groups is 2. The van der Waals surface area contributed by atoms with E-state index in [2.05, 4.69) is 10.3 Å². The van der Waals surface area contributed by atoms with Crippen LogP contribution in [0.2, 0.25) is 0 Å². The monoisotopic (exact) mass is 308 g/mol. The van der Waals surface area contributed by atoms with E-state index in [1.807, 2.05) is 0 Å². The zero-order valence-electron chi connectivity index (χ0n) is 12.3. The average molecular weight is 308 g/mol. The van der Waals surface area contributed by atoms with Crippen molar-refractivity contribution in [3.8, 4) is 11.5 Å². The number of carbonyl (C=O) groups is 1. The average Bonchev–Trinajstić information content (AvgIpc) is 2.52. The van der Waals surface area contributed by atoms with Crippen LogP contribution in [0.3, 0.4) is 0 Å². The minimum absolute atomic E-state index is 0.313. The van der Waals surface area contributed by atoms with Crippen LogP contribution in [0.4, 0.5) is 0 Å². The number of carboxylic acids is 1. The molecule has 0 saturated carbocycles. The summed E-state index contributed by atoms with van der Waals surface area (Å²) in [5.41, 5.74) is 1.67. The first kappa shape index (κ1) is 17.0. The number of aliphatic carboxylic acids is 1. The van der Waals surface area contributed by atoms with Crippen LogP contribution in [0, 0.1) is 0 Å². The summed E-state index contributed by atoms with van der Waals surface area (Å²) in [6.07, 6.45) is 3.05. The molecule has 8 heteroatoms. The topological polar surface area (TPSA) is 121 Å². The number of carboxylic acid groups (broad SMARTS) is 1. The first-order chi connectivity index (χ1) is 10.5. The molecule has 0 heterocycles. The van der Waals surface area contributed by atoms with E-state index < -0.39 is 5.97 Å². The standard InChI is InChI=1S/C12H12N2O4.C2H4O2/c1-17-9-5-6-10(18-2)12-8(14-16)4-3-7(13-15)11(9)12;1-2(3)4/h3-6,15-16H,1-2H3;1H3,(H,3,4). The molecule has 0 saturated heterocycles. The summed E-state index contributed by atoms with van der Waals surface area (Å²) in [4.78, 5) is 9.00. The van der Waals surface area contributed by atoms with Crippen molar-refractivity contribution in [3.05, 3.63) is 35.4 Å². The fraction of sp³-hybridized carbons (Fsp3) is 0.214. The van der Waals surface area contributed by atoms with E-state index in [0.717, 1.165) is 6.92 Å². The highest BCUT2D eigenvalue weighted by atomic mass is 16.5. The van der Waals surface area contributed by atoms with Gasteiger partial charge >= 0.3 is 0 Å². The van der Waals surface area contributed by atoms with E-state index in [0.29, 0.717) is 34.0 Å². The second-order valence-electron chi connectivity index (χ2n) is 4.04. The van der Waals surface area contributed by atoms with Gasteiger partial charge < -0.3 is 25.0 Å². The van der Waals surface area contributed by atoms with Gasteiger partial charge in [-0.1, -0.05) is 10.3 Å². The third-order valence-corrected chi connectivity index (χ3v) is 2.70. The van der Waals surface area contributed by atoms with Gasteiger partial charge in [0.05, 0.1) is 25.3 Å². The molecule has 1 aliphatic rings. The molecule has 1 aromatic rings. The number of methoxy groups -OCH3 is 2. The van der Waals surface area contributed by atoms with Gasteiger partial charge in [-0.05, 0) is 24.3 Å². The minimum atomic E-state index is -0.833. The number of nitrogens with zero attached hydrogens (tertiary/aromatic N) is 2. The number of allylic oxidation sites excluding steroid dienone is 2. The van der Waals surface area contributed by atoms with E-state index in [1.165, 1.54) is 26.4 Å². The smallest absolute Gasteiger partial charge is 0.300 e. The summed E-state index contributed by atoms with van der Waals surface area (Å²) in [5.74, 6) is 0.174. The Morgan fingerprint density at radius 3 is 1.50 bits per heavy atom. The molecule has 0 atom stereocenters. The third-order valence-electron chi connectivity index (χ3n) is 2.70. The van der Waals surface area contributed by atoms with Crippen LogP contribution in [0.25, 0.3) is 0 Å². The number of benzene rings is 1. The number of fused-ring (bicyclic) bond motifs is 1. The highest BCUT2D eigenvalue weighted by Gasteiger charge is 2.25. The van der Waals surface area contributed by atoms with Crippen molar-refractivity contribution in [3.63, 3.8) is 0 Å². The van der Waals surface area contributed by atoms with Gasteiger partial charge in [0, 0.05) is 6.92 Å². The minimum Gasteiger partial charge on any atom is -0.496 e. The molecular formula is C14H16N2O6. The Morgan fingerprint density at radius 2 is 1.27 bits per heavy atom. The van der Waals surface area contributed by atoms with Crippen molar-refractivity contribution >= 4 is 17.4 Å². The third kappa shape index (κ3) is 3.54. The number of hydrogen-bond acceptors (Lipinski definition) is 7. The molecule has 22 heavy (non-hydrogen) atoms. The molecule has 0 unspecified atom stereocenters. The quantitative estimate of drug-likeness (QED) is 0.565. The van der Waals surface area contributed by atoms with Gasteiger partial charge in [-0.3, -0.25) is 4.79 Å². The Bertz CT molecular complexity index is 596. The predicted octanol–water partition coefficient (Wildman–Crippen LogP) is 1.72. The van der Waals surface area contributed by atoms with E-state index in [4.69, 9.17) is 29.8 Å². The lowest BCUT2D eigenvalue weighted by Crippen LogP contribution is -2.16. The van der Waals surface area contributed by atoms with Crippen LogP contribution in [0.5, 0.6) is 11.5 Å². The van der Waals surface area contributed by atoms with Gasteiger partial charge in [-0.2, -0.15) is 0 Å². The summed E-state index contributed by atoms with van der Waals surface area (Å²) in [5, 5.41) is 31.9. The highest BCUT2D eigenvalue weighted by molar-refractivity contribution is 6.27.